The molecule has 10 heteroatoms. The number of ether oxygens (including phenoxy) is 1. The van der Waals surface area contributed by atoms with Crippen LogP contribution >= 0.6 is 0 Å². The van der Waals surface area contributed by atoms with E-state index in [4.69, 9.17) is 0 Å². The first-order chi connectivity index (χ1) is 13.5. The molecule has 1 aromatic carbocycles. The van der Waals surface area contributed by atoms with Gasteiger partial charge in [-0.25, -0.2) is 9.97 Å². The normalized spacial score (nSPS) is 14.9. The highest BCUT2D eigenvalue weighted by Crippen LogP contribution is 2.32. The van der Waals surface area contributed by atoms with E-state index in [-0.39, 0.29) is 6.04 Å². The van der Waals surface area contributed by atoms with E-state index in [2.05, 4.69) is 24.9 Å². The van der Waals surface area contributed by atoms with Crippen LogP contribution in [0, 0.1) is 10.1 Å². The van der Waals surface area contributed by atoms with Crippen LogP contribution in [0.3, 0.4) is 0 Å². The van der Waals surface area contributed by atoms with E-state index in [0.29, 0.717) is 5.69 Å². The minimum Gasteiger partial charge on any atom is -0.427 e. The molecule has 0 atom stereocenters. The second-order valence-corrected chi connectivity index (χ2v) is 6.44. The molecule has 1 aliphatic heterocycles. The van der Waals surface area contributed by atoms with E-state index in [1.54, 1.807) is 6.33 Å². The second kappa shape index (κ2) is 8.77. The smallest absolute Gasteiger partial charge is 0.387 e. The zero-order chi connectivity index (χ0) is 20.1. The van der Waals surface area contributed by atoms with E-state index >= 15 is 0 Å². The number of rotatable bonds is 7. The van der Waals surface area contributed by atoms with Crippen molar-refractivity contribution in [2.75, 3.05) is 23.3 Å². The lowest BCUT2D eigenvalue weighted by Crippen LogP contribution is -2.39. The predicted octanol–water partition coefficient (Wildman–Crippen LogP) is 3.63. The molecule has 0 radical (unpaired) electrons. The first-order valence-electron chi connectivity index (χ1n) is 9.02. The first kappa shape index (κ1) is 19.7. The maximum atomic E-state index is 12.5. The maximum Gasteiger partial charge on any atom is 0.387 e. The fourth-order valence-corrected chi connectivity index (χ4v) is 3.19. The van der Waals surface area contributed by atoms with Crippen molar-refractivity contribution in [2.24, 2.45) is 0 Å². The van der Waals surface area contributed by atoms with E-state index in [9.17, 15) is 18.9 Å². The number of halogens is 2. The molecule has 2 heterocycles. The quantitative estimate of drug-likeness (QED) is 0.567. The Hall–Kier alpha value is -3.04. The standard InChI is InChI=1S/C18H21F2N5O3/c1-2-12-10-17(22-11-21-12)24-7-5-13(6-8-24)23-14-3-4-15(25(26)27)16(9-14)28-18(19)20/h3-4,9-11,13,18,23H,2,5-8H2,1H3. The number of hydrogen-bond acceptors (Lipinski definition) is 7. The van der Waals surface area contributed by atoms with Gasteiger partial charge in [0.15, 0.2) is 0 Å². The Morgan fingerprint density at radius 2 is 2.07 bits per heavy atom. The van der Waals surface area contributed by atoms with Crippen molar-refractivity contribution in [3.8, 4) is 5.75 Å². The molecule has 0 bridgehead atoms. The summed E-state index contributed by atoms with van der Waals surface area (Å²) in [4.78, 5) is 20.9. The molecule has 3 rings (SSSR count). The SMILES string of the molecule is CCc1cc(N2CCC(Nc3ccc([N+](=O)[O-])c(OC(F)F)c3)CC2)ncn1. The Bertz CT molecular complexity index is 829. The van der Waals surface area contributed by atoms with Gasteiger partial charge >= 0.3 is 12.3 Å². The molecule has 1 saturated heterocycles. The number of alkyl halides is 2. The fraction of sp³-hybridized carbons (Fsp3) is 0.444. The van der Waals surface area contributed by atoms with Crippen LogP contribution in [0.1, 0.15) is 25.5 Å². The van der Waals surface area contributed by atoms with Gasteiger partial charge in [0.2, 0.25) is 5.75 Å². The zero-order valence-corrected chi connectivity index (χ0v) is 15.3. The summed E-state index contributed by atoms with van der Waals surface area (Å²) < 4.78 is 29.4. The molecule has 8 nitrogen and oxygen atoms in total. The van der Waals surface area contributed by atoms with Crippen LogP contribution in [-0.2, 0) is 6.42 Å². The van der Waals surface area contributed by atoms with Crippen LogP contribution in [0.5, 0.6) is 5.75 Å². The largest absolute Gasteiger partial charge is 0.427 e. The van der Waals surface area contributed by atoms with Gasteiger partial charge in [0.1, 0.15) is 12.1 Å². The third-order valence-corrected chi connectivity index (χ3v) is 4.63. The van der Waals surface area contributed by atoms with Crippen molar-refractivity contribution >= 4 is 17.2 Å². The van der Waals surface area contributed by atoms with Gasteiger partial charge in [0.05, 0.1) is 4.92 Å². The molecule has 0 aliphatic carbocycles. The van der Waals surface area contributed by atoms with Crippen LogP contribution in [0.25, 0.3) is 0 Å². The van der Waals surface area contributed by atoms with Gasteiger partial charge in [0, 0.05) is 48.7 Å². The van der Waals surface area contributed by atoms with Crippen molar-refractivity contribution in [3.05, 3.63) is 46.4 Å². The maximum absolute atomic E-state index is 12.5. The fourth-order valence-electron chi connectivity index (χ4n) is 3.19. The van der Waals surface area contributed by atoms with Crippen molar-refractivity contribution < 1.29 is 18.4 Å². The summed E-state index contributed by atoms with van der Waals surface area (Å²) in [5.41, 5.74) is 1.01. The Morgan fingerprint density at radius 1 is 1.32 bits per heavy atom. The molecule has 1 fully saturated rings. The molecule has 1 aliphatic rings. The van der Waals surface area contributed by atoms with Crippen molar-refractivity contribution in [1.29, 1.82) is 0 Å². The first-order valence-corrected chi connectivity index (χ1v) is 9.02. The van der Waals surface area contributed by atoms with Gasteiger partial charge in [-0.1, -0.05) is 6.92 Å². The lowest BCUT2D eigenvalue weighted by atomic mass is 10.0. The third kappa shape index (κ3) is 4.81. The molecule has 0 saturated carbocycles. The summed E-state index contributed by atoms with van der Waals surface area (Å²) in [6.45, 7) is 0.479. The van der Waals surface area contributed by atoms with Crippen molar-refractivity contribution in [1.82, 2.24) is 9.97 Å². The van der Waals surface area contributed by atoms with Gasteiger partial charge in [-0.15, -0.1) is 0 Å². The molecule has 0 amide bonds. The van der Waals surface area contributed by atoms with E-state index in [0.717, 1.165) is 43.9 Å². The van der Waals surface area contributed by atoms with E-state index < -0.39 is 23.0 Å². The highest BCUT2D eigenvalue weighted by atomic mass is 19.3. The summed E-state index contributed by atoms with van der Waals surface area (Å²) in [5, 5.41) is 14.2. The highest BCUT2D eigenvalue weighted by Gasteiger charge is 2.23. The number of nitro benzene ring substituents is 1. The molecular formula is C18H21F2N5O3. The minimum absolute atomic E-state index is 0.115. The Kier molecular flexibility index (Phi) is 6.17. The molecular weight excluding hydrogens is 372 g/mol. The van der Waals surface area contributed by atoms with Crippen LogP contribution in [0.2, 0.25) is 0 Å². The van der Waals surface area contributed by atoms with E-state index in [1.165, 1.54) is 18.2 Å². The van der Waals surface area contributed by atoms with Gasteiger partial charge in [-0.05, 0) is 25.3 Å². The number of anilines is 2. The van der Waals surface area contributed by atoms with Gasteiger partial charge in [-0.3, -0.25) is 10.1 Å². The topological polar surface area (TPSA) is 93.4 Å². The molecule has 0 unspecified atom stereocenters. The Morgan fingerprint density at radius 3 is 2.71 bits per heavy atom. The number of benzene rings is 1. The van der Waals surface area contributed by atoms with E-state index in [1.807, 2.05) is 13.0 Å². The van der Waals surface area contributed by atoms with Gasteiger partial charge in [0.25, 0.3) is 0 Å². The van der Waals surface area contributed by atoms with Gasteiger partial charge < -0.3 is 15.0 Å². The lowest BCUT2D eigenvalue weighted by molar-refractivity contribution is -0.386. The molecule has 150 valence electrons. The summed E-state index contributed by atoms with van der Waals surface area (Å²) in [6, 6.07) is 6.01. The van der Waals surface area contributed by atoms with Crippen LogP contribution in [0.4, 0.5) is 26.0 Å². The minimum atomic E-state index is -3.13. The van der Waals surface area contributed by atoms with Crippen LogP contribution < -0.4 is 15.0 Å². The molecule has 1 aromatic heterocycles. The van der Waals surface area contributed by atoms with Crippen molar-refractivity contribution in [2.45, 2.75) is 38.8 Å². The number of nitrogens with zero attached hydrogens (tertiary/aromatic N) is 4. The Labute approximate surface area is 160 Å². The predicted molar refractivity (Wildman–Crippen MR) is 100.0 cm³/mol. The second-order valence-electron chi connectivity index (χ2n) is 6.44. The third-order valence-electron chi connectivity index (χ3n) is 4.63. The van der Waals surface area contributed by atoms with Gasteiger partial charge in [-0.2, -0.15) is 8.78 Å². The molecule has 28 heavy (non-hydrogen) atoms. The average molecular weight is 393 g/mol. The van der Waals surface area contributed by atoms with Crippen molar-refractivity contribution in [3.63, 3.8) is 0 Å². The number of hydrogen-bond donors (Lipinski definition) is 1. The number of piperidine rings is 1. The molecule has 0 spiro atoms. The number of aromatic nitrogens is 2. The summed E-state index contributed by atoms with van der Waals surface area (Å²) >= 11 is 0. The summed E-state index contributed by atoms with van der Waals surface area (Å²) in [6.07, 6.45) is 4.04. The number of aryl methyl sites for hydroxylation is 1. The molecule has 1 N–H and O–H groups in total. The molecule has 2 aromatic rings. The number of nitrogens with one attached hydrogen (secondary N) is 1. The number of nitro groups is 1. The lowest BCUT2D eigenvalue weighted by Gasteiger charge is -2.33. The summed E-state index contributed by atoms with van der Waals surface area (Å²) in [7, 11) is 0. The van der Waals surface area contributed by atoms with Crippen LogP contribution in [0.15, 0.2) is 30.6 Å². The zero-order valence-electron chi connectivity index (χ0n) is 15.3. The Balaban J connectivity index is 1.63. The summed E-state index contributed by atoms with van der Waals surface area (Å²) in [5.74, 6) is 0.448. The van der Waals surface area contributed by atoms with Crippen LogP contribution in [-0.4, -0.2) is 40.6 Å². The monoisotopic (exact) mass is 393 g/mol. The average Bonchev–Trinajstić information content (AvgIpc) is 2.68. The highest BCUT2D eigenvalue weighted by molar-refractivity contribution is 5.58.